The molecule has 14 nitrogen and oxygen atoms in total. The molecule has 50 heavy (non-hydrogen) atoms. The van der Waals surface area contributed by atoms with Gasteiger partial charge in [-0.2, -0.15) is 0 Å². The summed E-state index contributed by atoms with van der Waals surface area (Å²) in [6.07, 6.45) is -0.338. The third-order valence-electron chi connectivity index (χ3n) is 9.13. The molecule has 4 aliphatic heterocycles. The molecule has 3 saturated heterocycles. The zero-order valence-electron chi connectivity index (χ0n) is 28.5. The van der Waals surface area contributed by atoms with E-state index in [0.717, 1.165) is 17.8 Å². The van der Waals surface area contributed by atoms with Crippen LogP contribution < -0.4 is 0 Å². The van der Waals surface area contributed by atoms with Crippen molar-refractivity contribution < 1.29 is 56.4 Å². The van der Waals surface area contributed by atoms with E-state index < -0.39 is 78.0 Å². The monoisotopic (exact) mass is 709 g/mol. The van der Waals surface area contributed by atoms with Crippen molar-refractivity contribution in [3.63, 3.8) is 0 Å². The fourth-order valence-electron chi connectivity index (χ4n) is 6.85. The number of aromatic nitrogens is 3. The highest BCUT2D eigenvalue weighted by Crippen LogP contribution is 2.42. The quantitative estimate of drug-likeness (QED) is 0.386. The molecule has 0 aliphatic carbocycles. The number of carbonyl (C=O) groups is 2. The van der Waals surface area contributed by atoms with Crippen molar-refractivity contribution in [2.75, 3.05) is 26.3 Å². The van der Waals surface area contributed by atoms with Gasteiger partial charge < -0.3 is 38.5 Å². The maximum atomic E-state index is 14.1. The van der Waals surface area contributed by atoms with E-state index in [1.165, 1.54) is 10.9 Å². The highest BCUT2D eigenvalue weighted by atomic mass is 19.2. The molecule has 1 N–H and O–H groups in total. The van der Waals surface area contributed by atoms with Gasteiger partial charge in [0.05, 0.1) is 24.6 Å². The number of ether oxygens (including phenoxy) is 5. The summed E-state index contributed by atoms with van der Waals surface area (Å²) in [6, 6.07) is 0.785. The first-order valence-corrected chi connectivity index (χ1v) is 16.6. The number of amides is 1. The van der Waals surface area contributed by atoms with Crippen molar-refractivity contribution in [2.45, 2.75) is 108 Å². The molecule has 6 rings (SSSR count). The number of benzene rings is 1. The standard InChI is InChI=1S/C33H42F3N5O9/c1-32(2,3)49-31(44)40-8-6-17(7-9-40)22-12-19(50-38-22)13-24-29(45-16-26(42)43)28(30-25(47-24)15-46-33(4,5)48-30)41-14-23(37-39-41)18-10-20(34)27(36)21(35)11-18/h10-11,14,17,19,24-25,28-30H,6-9,12-13,15-16H2,1-5H3,(H,42,43)/t19?,24-,25-,28-,29+,30+/m1/s1. The number of oxime groups is 1. The molecule has 6 atom stereocenters. The molecule has 0 radical (unpaired) electrons. The van der Waals surface area contributed by atoms with E-state index in [1.54, 1.807) is 18.7 Å². The first kappa shape index (κ1) is 36.0. The van der Waals surface area contributed by atoms with Crippen molar-refractivity contribution in [2.24, 2.45) is 11.1 Å². The zero-order valence-corrected chi connectivity index (χ0v) is 28.5. The Morgan fingerprint density at radius 1 is 1.12 bits per heavy atom. The van der Waals surface area contributed by atoms with Crippen LogP contribution >= 0.6 is 0 Å². The van der Waals surface area contributed by atoms with Crippen LogP contribution in [0.25, 0.3) is 11.3 Å². The third kappa shape index (κ3) is 8.05. The van der Waals surface area contributed by atoms with Gasteiger partial charge in [-0.25, -0.2) is 27.4 Å². The highest BCUT2D eigenvalue weighted by molar-refractivity contribution is 5.88. The third-order valence-corrected chi connectivity index (χ3v) is 9.13. The van der Waals surface area contributed by atoms with Gasteiger partial charge in [0.25, 0.3) is 0 Å². The lowest BCUT2D eigenvalue weighted by molar-refractivity contribution is -0.352. The van der Waals surface area contributed by atoms with Crippen LogP contribution in [-0.2, 0) is 33.3 Å². The Labute approximate surface area is 286 Å². The van der Waals surface area contributed by atoms with Crippen molar-refractivity contribution in [3.05, 3.63) is 35.8 Å². The number of nitrogens with zero attached hydrogens (tertiary/aromatic N) is 5. The summed E-state index contributed by atoms with van der Waals surface area (Å²) in [4.78, 5) is 31.8. The maximum Gasteiger partial charge on any atom is 0.410 e. The average Bonchev–Trinajstić information content (AvgIpc) is 3.72. The topological polar surface area (TPSA) is 156 Å². The molecule has 3 fully saturated rings. The molecule has 2 aromatic rings. The number of hydrogen-bond acceptors (Lipinski definition) is 11. The van der Waals surface area contributed by atoms with Gasteiger partial charge in [-0.05, 0) is 59.6 Å². The predicted octanol–water partition coefficient (Wildman–Crippen LogP) is 4.47. The molecule has 0 saturated carbocycles. The summed E-state index contributed by atoms with van der Waals surface area (Å²) in [5, 5.41) is 22.3. The van der Waals surface area contributed by atoms with Crippen LogP contribution in [0.4, 0.5) is 18.0 Å². The maximum absolute atomic E-state index is 14.1. The zero-order chi connectivity index (χ0) is 36.0. The van der Waals surface area contributed by atoms with Crippen LogP contribution in [0.3, 0.4) is 0 Å². The highest BCUT2D eigenvalue weighted by Gasteiger charge is 2.54. The Hall–Kier alpha value is -3.80. The molecular formula is C33H42F3N5O9. The number of rotatable bonds is 8. The summed E-state index contributed by atoms with van der Waals surface area (Å²) in [6.45, 7) is 9.45. The number of carbonyl (C=O) groups excluding carboxylic acids is 1. The molecule has 0 bridgehead atoms. The molecule has 1 amide bonds. The van der Waals surface area contributed by atoms with Gasteiger partial charge in [-0.15, -0.1) is 5.10 Å². The van der Waals surface area contributed by atoms with E-state index >= 15 is 0 Å². The summed E-state index contributed by atoms with van der Waals surface area (Å²) >= 11 is 0. The minimum Gasteiger partial charge on any atom is -0.480 e. The van der Waals surface area contributed by atoms with Gasteiger partial charge in [0.1, 0.15) is 48.4 Å². The molecule has 5 heterocycles. The summed E-state index contributed by atoms with van der Waals surface area (Å²) in [7, 11) is 0. The van der Waals surface area contributed by atoms with Gasteiger partial charge in [0.2, 0.25) is 0 Å². The molecule has 17 heteroatoms. The summed E-state index contributed by atoms with van der Waals surface area (Å²) in [5.74, 6) is -6.53. The van der Waals surface area contributed by atoms with E-state index in [2.05, 4.69) is 15.5 Å². The smallest absolute Gasteiger partial charge is 0.410 e. The van der Waals surface area contributed by atoms with Gasteiger partial charge >= 0.3 is 12.1 Å². The summed E-state index contributed by atoms with van der Waals surface area (Å²) in [5.41, 5.74) is 0.281. The molecule has 4 aliphatic rings. The number of aliphatic carboxylic acids is 1. The first-order chi connectivity index (χ1) is 23.6. The number of likely N-dealkylation sites (tertiary alicyclic amines) is 1. The van der Waals surface area contributed by atoms with Crippen LogP contribution in [-0.4, -0.2) is 111 Å². The van der Waals surface area contributed by atoms with E-state index in [1.807, 2.05) is 20.8 Å². The van der Waals surface area contributed by atoms with Crippen LogP contribution in [0, 0.1) is 23.4 Å². The van der Waals surface area contributed by atoms with E-state index in [0.29, 0.717) is 32.4 Å². The SMILES string of the molecule is CC(C)(C)OC(=O)N1CCC(C2=NOC(C[C@H]3O[C@@H]4COC(C)(C)O[C@@H]4[C@H](n4cc(-c5cc(F)c(F)c(F)c5)nn4)[C@H]3OCC(=O)O)C2)CC1. The van der Waals surface area contributed by atoms with Crippen LogP contribution in [0.5, 0.6) is 0 Å². The average molecular weight is 710 g/mol. The second kappa shape index (κ2) is 14.1. The van der Waals surface area contributed by atoms with Crippen LogP contribution in [0.1, 0.15) is 66.3 Å². The fraction of sp³-hybridized carbons (Fsp3) is 0.667. The minimum atomic E-state index is -1.61. The lowest BCUT2D eigenvalue weighted by Gasteiger charge is -2.51. The molecule has 274 valence electrons. The van der Waals surface area contributed by atoms with Gasteiger partial charge in [0, 0.05) is 37.4 Å². The summed E-state index contributed by atoms with van der Waals surface area (Å²) < 4.78 is 73.4. The number of fused-ring (bicyclic) bond motifs is 1. The first-order valence-electron chi connectivity index (χ1n) is 16.6. The van der Waals surface area contributed by atoms with Crippen LogP contribution in [0.2, 0.25) is 0 Å². The number of piperidine rings is 1. The van der Waals surface area contributed by atoms with Gasteiger partial charge in [-0.1, -0.05) is 10.4 Å². The normalized spacial score (nSPS) is 28.5. The molecule has 0 spiro atoms. The Morgan fingerprint density at radius 3 is 2.48 bits per heavy atom. The second-order valence-electron chi connectivity index (χ2n) is 14.5. The van der Waals surface area contributed by atoms with E-state index in [4.69, 9.17) is 28.5 Å². The van der Waals surface area contributed by atoms with Gasteiger partial charge in [0.15, 0.2) is 23.2 Å². The van der Waals surface area contributed by atoms with Crippen molar-refractivity contribution >= 4 is 17.8 Å². The minimum absolute atomic E-state index is 0.0422. The van der Waals surface area contributed by atoms with Crippen molar-refractivity contribution in [3.8, 4) is 11.3 Å². The number of halogens is 3. The number of carboxylic acid groups (broad SMARTS) is 1. The van der Waals surface area contributed by atoms with E-state index in [9.17, 15) is 27.9 Å². The Morgan fingerprint density at radius 2 is 1.82 bits per heavy atom. The Balaban J connectivity index is 1.20. The van der Waals surface area contributed by atoms with Crippen molar-refractivity contribution in [1.82, 2.24) is 19.9 Å². The molecule has 1 unspecified atom stereocenters. The molecule has 1 aromatic heterocycles. The van der Waals surface area contributed by atoms with Crippen LogP contribution in [0.15, 0.2) is 23.5 Å². The lowest BCUT2D eigenvalue weighted by atomic mass is 9.86. The number of hydrogen-bond donors (Lipinski definition) is 1. The Kier molecular flexibility index (Phi) is 10.1. The molecule has 1 aromatic carbocycles. The predicted molar refractivity (Wildman–Crippen MR) is 167 cm³/mol. The fourth-order valence-corrected chi connectivity index (χ4v) is 6.85. The molecular weight excluding hydrogens is 667 g/mol. The second-order valence-corrected chi connectivity index (χ2v) is 14.5. The van der Waals surface area contributed by atoms with E-state index in [-0.39, 0.29) is 36.3 Å². The lowest BCUT2D eigenvalue weighted by Crippen LogP contribution is -2.63. The van der Waals surface area contributed by atoms with Gasteiger partial charge in [-0.3, -0.25) is 0 Å². The largest absolute Gasteiger partial charge is 0.480 e. The Bertz CT molecular complexity index is 1580. The number of carboxylic acids is 1. The van der Waals surface area contributed by atoms with Crippen molar-refractivity contribution in [1.29, 1.82) is 0 Å².